The third kappa shape index (κ3) is 1.20. The Kier molecular flexibility index (Phi) is 1.71. The Morgan fingerprint density at radius 1 is 1.60 bits per heavy atom. The highest BCUT2D eigenvalue weighted by molar-refractivity contribution is 7.63. The van der Waals surface area contributed by atoms with Crippen LogP contribution in [0.1, 0.15) is 23.6 Å². The van der Waals surface area contributed by atoms with Crippen molar-refractivity contribution in [3.63, 3.8) is 0 Å². The quantitative estimate of drug-likeness (QED) is 0.599. The number of rotatable bonds is 1. The topological polar surface area (TPSA) is 0 Å². The van der Waals surface area contributed by atoms with Crippen LogP contribution in [0, 0.1) is 0 Å². The highest BCUT2D eigenvalue weighted by Crippen LogP contribution is 2.45. The summed E-state index contributed by atoms with van der Waals surface area (Å²) in [6.07, 6.45) is 2.70. The van der Waals surface area contributed by atoms with Crippen molar-refractivity contribution in [2.45, 2.75) is 23.0 Å². The highest BCUT2D eigenvalue weighted by Gasteiger charge is 2.26. The summed E-state index contributed by atoms with van der Waals surface area (Å²) < 4.78 is 1.07. The molecule has 0 amide bonds. The van der Waals surface area contributed by atoms with Crippen LogP contribution in [0.3, 0.4) is 0 Å². The van der Waals surface area contributed by atoms with Crippen molar-refractivity contribution in [3.8, 4) is 0 Å². The Morgan fingerprint density at radius 3 is 2.70 bits per heavy atom. The summed E-state index contributed by atoms with van der Waals surface area (Å²) in [5, 5.41) is 0.864. The Bertz CT molecular complexity index is 231. The van der Waals surface area contributed by atoms with Gasteiger partial charge in [-0.3, -0.25) is 0 Å². The zero-order valence-electron chi connectivity index (χ0n) is 5.36. The lowest BCUT2D eigenvalue weighted by Crippen LogP contribution is -1.63. The number of hydrogen-bond acceptors (Lipinski definition) is 1. The average Bonchev–Trinajstić information content (AvgIpc) is 2.64. The van der Waals surface area contributed by atoms with Crippen molar-refractivity contribution in [1.29, 1.82) is 0 Å². The summed E-state index contributed by atoms with van der Waals surface area (Å²) in [6.45, 7) is 0. The minimum absolute atomic E-state index is 0.826. The van der Waals surface area contributed by atoms with Crippen molar-refractivity contribution in [2.24, 2.45) is 0 Å². The molecule has 1 saturated carbocycles. The minimum atomic E-state index is 0.826. The molecule has 1 fully saturated rings. The Morgan fingerprint density at radius 2 is 2.30 bits per heavy atom. The molecule has 0 aliphatic heterocycles. The van der Waals surface area contributed by atoms with E-state index in [2.05, 4.69) is 18.7 Å². The van der Waals surface area contributed by atoms with Gasteiger partial charge in [0.1, 0.15) is 5.02 Å². The van der Waals surface area contributed by atoms with Crippen LogP contribution < -0.4 is 0 Å². The van der Waals surface area contributed by atoms with Crippen molar-refractivity contribution < 1.29 is 0 Å². The molecule has 0 unspecified atom stereocenters. The SMILES string of the molecule is [SH2+]c1sc(C2CC2)cc1Cl. The van der Waals surface area contributed by atoms with Gasteiger partial charge in [0.25, 0.3) is 0 Å². The van der Waals surface area contributed by atoms with Gasteiger partial charge < -0.3 is 0 Å². The van der Waals surface area contributed by atoms with Crippen LogP contribution in [0.2, 0.25) is 5.02 Å². The molecule has 0 saturated heterocycles. The Labute approximate surface area is 74.6 Å². The van der Waals surface area contributed by atoms with Gasteiger partial charge in [-0.15, -0.1) is 0 Å². The van der Waals surface area contributed by atoms with Crippen LogP contribution in [0.15, 0.2) is 10.3 Å². The lowest BCUT2D eigenvalue weighted by molar-refractivity contribution is 1.18. The van der Waals surface area contributed by atoms with Crippen LogP contribution in [0.25, 0.3) is 0 Å². The van der Waals surface area contributed by atoms with E-state index in [-0.39, 0.29) is 0 Å². The molecule has 2 rings (SSSR count). The van der Waals surface area contributed by atoms with E-state index in [1.807, 2.05) is 0 Å². The summed E-state index contributed by atoms with van der Waals surface area (Å²) in [5.74, 6) is 0.826. The van der Waals surface area contributed by atoms with E-state index in [0.717, 1.165) is 15.1 Å². The molecular formula is C7H8ClS2+. The van der Waals surface area contributed by atoms with E-state index >= 15 is 0 Å². The van der Waals surface area contributed by atoms with Crippen molar-refractivity contribution in [3.05, 3.63) is 16.0 Å². The van der Waals surface area contributed by atoms with E-state index in [4.69, 9.17) is 11.6 Å². The number of hydrogen-bond donors (Lipinski definition) is 0. The first kappa shape index (κ1) is 7.01. The van der Waals surface area contributed by atoms with Gasteiger partial charge in [0.2, 0.25) is 4.21 Å². The standard InChI is InChI=1S/C7H7ClS2/c8-5-3-6(4-1-2-4)10-7(5)9/h3-4,9H,1-2H2/p+1. The molecule has 10 heavy (non-hydrogen) atoms. The second-order valence-corrected chi connectivity index (χ2v) is 4.95. The molecule has 54 valence electrons. The van der Waals surface area contributed by atoms with Crippen LogP contribution in [-0.2, 0) is 12.6 Å². The van der Waals surface area contributed by atoms with E-state index in [0.29, 0.717) is 0 Å². The molecule has 1 aromatic heterocycles. The summed E-state index contributed by atoms with van der Waals surface area (Å²) in [6, 6.07) is 2.08. The van der Waals surface area contributed by atoms with Crippen molar-refractivity contribution in [2.75, 3.05) is 0 Å². The molecule has 3 heteroatoms. The van der Waals surface area contributed by atoms with Gasteiger partial charge in [-0.25, -0.2) is 0 Å². The third-order valence-electron chi connectivity index (χ3n) is 1.69. The summed E-state index contributed by atoms with van der Waals surface area (Å²) in [7, 11) is 0. The largest absolute Gasteiger partial charge is 0.223 e. The average molecular weight is 192 g/mol. The molecule has 0 radical (unpaired) electrons. The number of thiophene rings is 1. The van der Waals surface area contributed by atoms with Gasteiger partial charge in [-0.05, 0) is 24.8 Å². The zero-order valence-corrected chi connectivity index (χ0v) is 7.93. The molecule has 1 heterocycles. The maximum Gasteiger partial charge on any atom is 0.223 e. The molecule has 0 spiro atoms. The van der Waals surface area contributed by atoms with Crippen LogP contribution in [0.4, 0.5) is 0 Å². The van der Waals surface area contributed by atoms with E-state index in [1.165, 1.54) is 17.7 Å². The van der Waals surface area contributed by atoms with Crippen LogP contribution >= 0.6 is 22.9 Å². The minimum Gasteiger partial charge on any atom is -0.0893 e. The summed E-state index contributed by atoms with van der Waals surface area (Å²) in [4.78, 5) is 1.44. The lowest BCUT2D eigenvalue weighted by atomic mass is 10.3. The fourth-order valence-corrected chi connectivity index (χ4v) is 2.65. The normalized spacial score (nSPS) is 17.8. The number of halogens is 1. The van der Waals surface area contributed by atoms with Gasteiger partial charge in [-0.1, -0.05) is 22.9 Å². The van der Waals surface area contributed by atoms with Gasteiger partial charge in [0, 0.05) is 17.5 Å². The van der Waals surface area contributed by atoms with Crippen LogP contribution in [-0.4, -0.2) is 0 Å². The maximum absolute atomic E-state index is 5.86. The third-order valence-corrected chi connectivity index (χ3v) is 3.94. The van der Waals surface area contributed by atoms with Gasteiger partial charge in [-0.2, -0.15) is 0 Å². The molecule has 1 aliphatic carbocycles. The fraction of sp³-hybridized carbons (Fsp3) is 0.429. The zero-order chi connectivity index (χ0) is 7.14. The predicted molar refractivity (Wildman–Crippen MR) is 49.7 cm³/mol. The molecule has 0 nitrogen and oxygen atoms in total. The predicted octanol–water partition coefficient (Wildman–Crippen LogP) is 2.65. The van der Waals surface area contributed by atoms with E-state index in [9.17, 15) is 0 Å². The first-order chi connectivity index (χ1) is 4.77. The van der Waals surface area contributed by atoms with Crippen LogP contribution in [0.5, 0.6) is 0 Å². The molecule has 1 aromatic rings. The molecule has 0 N–H and O–H groups in total. The summed E-state index contributed by atoms with van der Waals surface area (Å²) >= 11 is 11.1. The molecule has 0 bridgehead atoms. The molecule has 0 aromatic carbocycles. The lowest BCUT2D eigenvalue weighted by Gasteiger charge is -1.82. The maximum atomic E-state index is 5.86. The second-order valence-electron chi connectivity index (χ2n) is 2.60. The Hall–Kier alpha value is 0.340. The highest BCUT2D eigenvalue weighted by atomic mass is 35.5. The summed E-state index contributed by atoms with van der Waals surface area (Å²) in [5.41, 5.74) is 0. The van der Waals surface area contributed by atoms with Crippen molar-refractivity contribution >= 4 is 35.6 Å². The van der Waals surface area contributed by atoms with E-state index < -0.39 is 0 Å². The van der Waals surface area contributed by atoms with Crippen molar-refractivity contribution in [1.82, 2.24) is 0 Å². The van der Waals surface area contributed by atoms with Gasteiger partial charge >= 0.3 is 0 Å². The second kappa shape index (κ2) is 2.43. The Balaban J connectivity index is 2.34. The monoisotopic (exact) mass is 191 g/mol. The van der Waals surface area contributed by atoms with E-state index in [1.54, 1.807) is 11.3 Å². The van der Waals surface area contributed by atoms with Gasteiger partial charge in [0.05, 0.1) is 0 Å². The molecular weight excluding hydrogens is 184 g/mol. The molecule has 1 aliphatic rings. The first-order valence-corrected chi connectivity index (χ1v) is 4.97. The first-order valence-electron chi connectivity index (χ1n) is 3.28. The van der Waals surface area contributed by atoms with Gasteiger partial charge in [0.15, 0.2) is 0 Å². The fourth-order valence-electron chi connectivity index (χ4n) is 0.956. The smallest absolute Gasteiger partial charge is 0.0893 e. The molecule has 0 atom stereocenters.